The number of phenols is 1. The van der Waals surface area contributed by atoms with Gasteiger partial charge in [0.05, 0.1) is 30.9 Å². The summed E-state index contributed by atoms with van der Waals surface area (Å²) in [7, 11) is 1.36. The number of benzene rings is 3. The number of aliphatic hydroxyl groups excluding tert-OH is 1. The monoisotopic (exact) mass is 505 g/mol. The summed E-state index contributed by atoms with van der Waals surface area (Å²) in [5.74, 6) is -2.73. The highest BCUT2D eigenvalue weighted by Gasteiger charge is 2.46. The van der Waals surface area contributed by atoms with Gasteiger partial charge in [-0.05, 0) is 67.8 Å². The van der Waals surface area contributed by atoms with Crippen LogP contribution in [0, 0.1) is 19.7 Å². The molecule has 7 nitrogen and oxygen atoms in total. The molecule has 8 heteroatoms. The van der Waals surface area contributed by atoms with Gasteiger partial charge in [-0.3, -0.25) is 9.59 Å². The summed E-state index contributed by atoms with van der Waals surface area (Å²) < 4.78 is 25.0. The van der Waals surface area contributed by atoms with Crippen LogP contribution in [0.4, 0.5) is 4.39 Å². The van der Waals surface area contributed by atoms with Crippen LogP contribution in [0.15, 0.2) is 60.2 Å². The van der Waals surface area contributed by atoms with Crippen LogP contribution in [0.5, 0.6) is 17.2 Å². The van der Waals surface area contributed by atoms with Crippen molar-refractivity contribution in [1.82, 2.24) is 4.90 Å². The van der Waals surface area contributed by atoms with Crippen molar-refractivity contribution >= 4 is 17.4 Å². The van der Waals surface area contributed by atoms with Gasteiger partial charge in [0.15, 0.2) is 11.5 Å². The minimum atomic E-state index is -1.03. The molecule has 0 aromatic heterocycles. The van der Waals surface area contributed by atoms with Gasteiger partial charge in [0.25, 0.3) is 11.7 Å². The smallest absolute Gasteiger partial charge is 0.295 e. The number of aliphatic hydroxyl groups is 1. The van der Waals surface area contributed by atoms with Crippen LogP contribution in [0.2, 0.25) is 0 Å². The third-order valence-electron chi connectivity index (χ3n) is 6.40. The summed E-state index contributed by atoms with van der Waals surface area (Å²) in [6.45, 7) is 5.96. The zero-order chi connectivity index (χ0) is 26.9. The summed E-state index contributed by atoms with van der Waals surface area (Å²) in [6.07, 6.45) is 0. The second kappa shape index (κ2) is 10.3. The second-order valence-electron chi connectivity index (χ2n) is 8.86. The van der Waals surface area contributed by atoms with E-state index < -0.39 is 29.3 Å². The summed E-state index contributed by atoms with van der Waals surface area (Å²) in [5.41, 5.74) is 2.91. The van der Waals surface area contributed by atoms with E-state index in [1.165, 1.54) is 36.3 Å². The van der Waals surface area contributed by atoms with Gasteiger partial charge in [0.1, 0.15) is 17.3 Å². The van der Waals surface area contributed by atoms with E-state index in [2.05, 4.69) is 0 Å². The average Bonchev–Trinajstić information content (AvgIpc) is 3.12. The first kappa shape index (κ1) is 25.8. The molecule has 1 fully saturated rings. The molecule has 3 aromatic rings. The maximum absolute atomic E-state index is 14.2. The molecule has 0 spiro atoms. The SMILES string of the molecule is CCOc1cc(C2/C(=C(\O)c3cc(F)ccc3OC)C(=O)C(=O)N2Cc2cc(C)ccc2C)ccc1O. The zero-order valence-corrected chi connectivity index (χ0v) is 21.0. The Balaban J connectivity index is 1.95. The number of aryl methyl sites for hydroxylation is 2. The Morgan fingerprint density at radius 2 is 1.78 bits per heavy atom. The minimum Gasteiger partial charge on any atom is -0.507 e. The van der Waals surface area contributed by atoms with Crippen LogP contribution in [0.3, 0.4) is 0 Å². The number of carbonyl (C=O) groups is 2. The molecule has 1 unspecified atom stereocenters. The molecule has 1 saturated heterocycles. The Kier molecular flexibility index (Phi) is 7.20. The molecule has 0 aliphatic carbocycles. The van der Waals surface area contributed by atoms with E-state index in [9.17, 15) is 24.2 Å². The molecule has 3 aromatic carbocycles. The quantitative estimate of drug-likeness (QED) is 0.261. The lowest BCUT2D eigenvalue weighted by molar-refractivity contribution is -0.140. The number of carbonyl (C=O) groups excluding carboxylic acids is 2. The number of phenolic OH excluding ortho intramolecular Hbond substituents is 1. The van der Waals surface area contributed by atoms with Gasteiger partial charge >= 0.3 is 0 Å². The zero-order valence-electron chi connectivity index (χ0n) is 21.0. The van der Waals surface area contributed by atoms with Gasteiger partial charge in [0, 0.05) is 6.54 Å². The van der Waals surface area contributed by atoms with Crippen molar-refractivity contribution in [2.75, 3.05) is 13.7 Å². The molecule has 4 rings (SSSR count). The minimum absolute atomic E-state index is 0.0546. The van der Waals surface area contributed by atoms with Gasteiger partial charge in [-0.15, -0.1) is 0 Å². The van der Waals surface area contributed by atoms with Crippen molar-refractivity contribution in [3.8, 4) is 17.2 Å². The Hall–Kier alpha value is -4.33. The number of amides is 1. The van der Waals surface area contributed by atoms with Crippen molar-refractivity contribution in [2.24, 2.45) is 0 Å². The predicted molar refractivity (Wildman–Crippen MR) is 136 cm³/mol. The van der Waals surface area contributed by atoms with Crippen molar-refractivity contribution in [1.29, 1.82) is 0 Å². The van der Waals surface area contributed by atoms with Crippen LogP contribution < -0.4 is 9.47 Å². The molecule has 0 bridgehead atoms. The summed E-state index contributed by atoms with van der Waals surface area (Å²) >= 11 is 0. The van der Waals surface area contributed by atoms with Gasteiger partial charge in [-0.1, -0.05) is 29.8 Å². The Labute approximate surface area is 214 Å². The van der Waals surface area contributed by atoms with Crippen molar-refractivity contribution in [2.45, 2.75) is 33.4 Å². The fourth-order valence-electron chi connectivity index (χ4n) is 4.53. The van der Waals surface area contributed by atoms with Crippen LogP contribution in [-0.4, -0.2) is 40.5 Å². The van der Waals surface area contributed by atoms with E-state index in [-0.39, 0.29) is 41.5 Å². The number of ketones is 1. The van der Waals surface area contributed by atoms with Crippen molar-refractivity contribution in [3.63, 3.8) is 0 Å². The average molecular weight is 506 g/mol. The number of nitrogens with zero attached hydrogens (tertiary/aromatic N) is 1. The number of ether oxygens (including phenoxy) is 2. The number of rotatable bonds is 7. The number of likely N-dealkylation sites (tertiary alicyclic amines) is 1. The predicted octanol–water partition coefficient (Wildman–Crippen LogP) is 5.18. The molecule has 1 amide bonds. The molecule has 1 heterocycles. The lowest BCUT2D eigenvalue weighted by Crippen LogP contribution is -2.29. The Morgan fingerprint density at radius 3 is 2.49 bits per heavy atom. The molecule has 37 heavy (non-hydrogen) atoms. The van der Waals surface area contributed by atoms with E-state index in [0.29, 0.717) is 5.56 Å². The second-order valence-corrected chi connectivity index (χ2v) is 8.86. The fourth-order valence-corrected chi connectivity index (χ4v) is 4.53. The molecular formula is C29H28FNO6. The summed E-state index contributed by atoms with van der Waals surface area (Å²) in [4.78, 5) is 28.1. The van der Waals surface area contributed by atoms with Gasteiger partial charge in [-0.25, -0.2) is 4.39 Å². The number of hydrogen-bond donors (Lipinski definition) is 2. The third-order valence-corrected chi connectivity index (χ3v) is 6.40. The molecule has 1 aliphatic heterocycles. The van der Waals surface area contributed by atoms with Gasteiger partial charge in [-0.2, -0.15) is 0 Å². The molecule has 0 radical (unpaired) electrons. The normalized spacial score (nSPS) is 16.8. The number of aromatic hydroxyl groups is 1. The van der Waals surface area contributed by atoms with E-state index in [1.807, 2.05) is 32.0 Å². The Morgan fingerprint density at radius 1 is 1.03 bits per heavy atom. The summed E-state index contributed by atoms with van der Waals surface area (Å²) in [6, 6.07) is 12.8. The van der Waals surface area contributed by atoms with E-state index in [1.54, 1.807) is 13.0 Å². The van der Waals surface area contributed by atoms with Gasteiger partial charge < -0.3 is 24.6 Å². The molecule has 1 atom stereocenters. The highest BCUT2D eigenvalue weighted by Crippen LogP contribution is 2.43. The van der Waals surface area contributed by atoms with Crippen LogP contribution in [0.25, 0.3) is 5.76 Å². The van der Waals surface area contributed by atoms with Crippen LogP contribution >= 0.6 is 0 Å². The van der Waals surface area contributed by atoms with Gasteiger partial charge in [0.2, 0.25) is 0 Å². The standard InChI is InChI=1S/C29H28FNO6/c1-5-37-24-13-18(8-10-22(24)32)26-25(27(33)21-14-20(30)9-11-23(21)36-4)28(34)29(35)31(26)15-19-12-16(2)6-7-17(19)3/h6-14,26,32-33H,5,15H2,1-4H3/b27-25+. The molecule has 192 valence electrons. The fraction of sp³-hybridized carbons (Fsp3) is 0.241. The first-order valence-corrected chi connectivity index (χ1v) is 11.8. The maximum Gasteiger partial charge on any atom is 0.295 e. The molecular weight excluding hydrogens is 477 g/mol. The molecule has 1 aliphatic rings. The van der Waals surface area contributed by atoms with Crippen LogP contribution in [-0.2, 0) is 16.1 Å². The number of halogens is 1. The van der Waals surface area contributed by atoms with Crippen molar-refractivity contribution < 1.29 is 33.7 Å². The van der Waals surface area contributed by atoms with E-state index in [4.69, 9.17) is 9.47 Å². The maximum atomic E-state index is 14.2. The molecule has 0 saturated carbocycles. The highest BCUT2D eigenvalue weighted by atomic mass is 19.1. The lowest BCUT2D eigenvalue weighted by Gasteiger charge is -2.27. The van der Waals surface area contributed by atoms with E-state index in [0.717, 1.165) is 22.8 Å². The summed E-state index contributed by atoms with van der Waals surface area (Å²) in [5, 5.41) is 21.6. The Bertz CT molecular complexity index is 1410. The van der Waals surface area contributed by atoms with E-state index >= 15 is 0 Å². The first-order valence-electron chi connectivity index (χ1n) is 11.8. The number of hydrogen-bond acceptors (Lipinski definition) is 6. The first-order chi connectivity index (χ1) is 17.7. The van der Waals surface area contributed by atoms with Crippen LogP contribution in [0.1, 0.15) is 40.8 Å². The molecule has 2 N–H and O–H groups in total. The number of methoxy groups -OCH3 is 1. The largest absolute Gasteiger partial charge is 0.507 e. The topological polar surface area (TPSA) is 96.3 Å². The number of Topliss-reactive ketones (excluding diaryl/α,β-unsaturated/α-hetero) is 1. The highest BCUT2D eigenvalue weighted by molar-refractivity contribution is 6.46. The third kappa shape index (κ3) is 4.87. The lowest BCUT2D eigenvalue weighted by atomic mass is 9.94. The van der Waals surface area contributed by atoms with Crippen molar-refractivity contribution in [3.05, 3.63) is 93.8 Å².